The van der Waals surface area contributed by atoms with Gasteiger partial charge < -0.3 is 5.32 Å². The number of aryl methyl sites for hydroxylation is 1. The molecular formula is C15H19N5S. The van der Waals surface area contributed by atoms with Gasteiger partial charge in [-0.15, -0.1) is 11.3 Å². The summed E-state index contributed by atoms with van der Waals surface area (Å²) in [7, 11) is 0. The molecule has 0 saturated carbocycles. The highest BCUT2D eigenvalue weighted by Gasteiger charge is 2.06. The zero-order chi connectivity index (χ0) is 14.7. The molecule has 0 aliphatic heterocycles. The smallest absolute Gasteiger partial charge is 0.102 e. The van der Waals surface area contributed by atoms with E-state index in [9.17, 15) is 0 Å². The van der Waals surface area contributed by atoms with Crippen LogP contribution in [0.25, 0.3) is 10.6 Å². The van der Waals surface area contributed by atoms with E-state index in [0.29, 0.717) is 0 Å². The normalized spacial score (nSPS) is 11.1. The van der Waals surface area contributed by atoms with Gasteiger partial charge in [-0.05, 0) is 31.4 Å². The van der Waals surface area contributed by atoms with E-state index in [1.165, 1.54) is 16.1 Å². The lowest BCUT2D eigenvalue weighted by Crippen LogP contribution is -2.13. The van der Waals surface area contributed by atoms with Gasteiger partial charge in [0.05, 0.1) is 11.1 Å². The Kier molecular flexibility index (Phi) is 4.17. The van der Waals surface area contributed by atoms with E-state index in [0.717, 1.165) is 31.0 Å². The highest BCUT2D eigenvalue weighted by Crippen LogP contribution is 2.22. The Morgan fingerprint density at radius 2 is 2.29 bits per heavy atom. The van der Waals surface area contributed by atoms with Crippen LogP contribution in [0.2, 0.25) is 0 Å². The fourth-order valence-corrected chi connectivity index (χ4v) is 3.00. The first-order chi connectivity index (χ1) is 10.3. The number of hydrogen-bond acceptors (Lipinski definition) is 4. The SMILES string of the molecule is CCn1ncc(CNCc2cc(-c3cccs3)n[nH]2)c1C. The second-order valence-corrected chi connectivity index (χ2v) is 5.88. The van der Waals surface area contributed by atoms with Crippen molar-refractivity contribution in [2.45, 2.75) is 33.5 Å². The average molecular weight is 301 g/mol. The van der Waals surface area contributed by atoms with Crippen LogP contribution in [0.5, 0.6) is 0 Å². The van der Waals surface area contributed by atoms with Gasteiger partial charge >= 0.3 is 0 Å². The molecule has 0 saturated heterocycles. The van der Waals surface area contributed by atoms with E-state index in [4.69, 9.17) is 0 Å². The maximum Gasteiger partial charge on any atom is 0.102 e. The van der Waals surface area contributed by atoms with Gasteiger partial charge in [0.15, 0.2) is 0 Å². The predicted octanol–water partition coefficient (Wildman–Crippen LogP) is 2.95. The molecule has 0 unspecified atom stereocenters. The summed E-state index contributed by atoms with van der Waals surface area (Å²) in [5.41, 5.74) is 4.58. The summed E-state index contributed by atoms with van der Waals surface area (Å²) in [6.07, 6.45) is 1.94. The Labute approximate surface area is 128 Å². The third-order valence-corrected chi connectivity index (χ3v) is 4.43. The van der Waals surface area contributed by atoms with Crippen LogP contribution in [0, 0.1) is 6.92 Å². The summed E-state index contributed by atoms with van der Waals surface area (Å²) in [5.74, 6) is 0. The van der Waals surface area contributed by atoms with Crippen molar-refractivity contribution < 1.29 is 0 Å². The first-order valence-electron chi connectivity index (χ1n) is 7.08. The van der Waals surface area contributed by atoms with Crippen molar-refractivity contribution in [3.63, 3.8) is 0 Å². The van der Waals surface area contributed by atoms with Crippen LogP contribution < -0.4 is 5.32 Å². The fourth-order valence-electron chi connectivity index (χ4n) is 2.31. The Morgan fingerprint density at radius 1 is 1.38 bits per heavy atom. The van der Waals surface area contributed by atoms with E-state index in [-0.39, 0.29) is 0 Å². The summed E-state index contributed by atoms with van der Waals surface area (Å²) < 4.78 is 2.02. The Balaban J connectivity index is 1.57. The highest BCUT2D eigenvalue weighted by molar-refractivity contribution is 7.13. The minimum atomic E-state index is 0.773. The number of aromatic amines is 1. The van der Waals surface area contributed by atoms with Gasteiger partial charge in [0.25, 0.3) is 0 Å². The van der Waals surface area contributed by atoms with Gasteiger partial charge in [-0.2, -0.15) is 10.2 Å². The topological polar surface area (TPSA) is 58.5 Å². The zero-order valence-electron chi connectivity index (χ0n) is 12.3. The summed E-state index contributed by atoms with van der Waals surface area (Å²) in [6.45, 7) is 6.72. The van der Waals surface area contributed by atoms with Gasteiger partial charge in [0, 0.05) is 36.6 Å². The number of nitrogens with one attached hydrogen (secondary N) is 2. The molecule has 0 aliphatic carbocycles. The van der Waals surface area contributed by atoms with Crippen LogP contribution in [0.4, 0.5) is 0 Å². The van der Waals surface area contributed by atoms with E-state index in [2.05, 4.69) is 52.0 Å². The van der Waals surface area contributed by atoms with Crippen molar-refractivity contribution in [3.8, 4) is 10.6 Å². The molecule has 6 heteroatoms. The Bertz CT molecular complexity index is 696. The molecule has 110 valence electrons. The van der Waals surface area contributed by atoms with Crippen LogP contribution >= 0.6 is 11.3 Å². The number of hydrogen-bond donors (Lipinski definition) is 2. The third-order valence-electron chi connectivity index (χ3n) is 3.54. The lowest BCUT2D eigenvalue weighted by Gasteiger charge is -2.03. The van der Waals surface area contributed by atoms with Crippen molar-refractivity contribution in [2.75, 3.05) is 0 Å². The molecular weight excluding hydrogens is 282 g/mol. The van der Waals surface area contributed by atoms with E-state index in [1.807, 2.05) is 16.9 Å². The molecule has 3 rings (SSSR count). The van der Waals surface area contributed by atoms with Crippen LogP contribution in [0.1, 0.15) is 23.9 Å². The number of thiophene rings is 1. The van der Waals surface area contributed by atoms with Crippen LogP contribution in [-0.2, 0) is 19.6 Å². The van der Waals surface area contributed by atoms with Crippen molar-refractivity contribution in [3.05, 3.63) is 46.7 Å². The van der Waals surface area contributed by atoms with E-state index >= 15 is 0 Å². The molecule has 0 aromatic carbocycles. The second-order valence-electron chi connectivity index (χ2n) is 4.93. The highest BCUT2D eigenvalue weighted by atomic mass is 32.1. The molecule has 3 aromatic rings. The molecule has 0 aliphatic rings. The van der Waals surface area contributed by atoms with Gasteiger partial charge in [0.1, 0.15) is 5.69 Å². The monoisotopic (exact) mass is 301 g/mol. The Hall–Kier alpha value is -1.92. The van der Waals surface area contributed by atoms with Gasteiger partial charge in [0.2, 0.25) is 0 Å². The summed E-state index contributed by atoms with van der Waals surface area (Å²) in [4.78, 5) is 1.19. The maximum absolute atomic E-state index is 4.36. The van der Waals surface area contributed by atoms with Crippen molar-refractivity contribution in [2.24, 2.45) is 0 Å². The third kappa shape index (κ3) is 3.06. The molecule has 2 N–H and O–H groups in total. The Morgan fingerprint density at radius 3 is 3.00 bits per heavy atom. The molecule has 3 aromatic heterocycles. The van der Waals surface area contributed by atoms with Gasteiger partial charge in [-0.3, -0.25) is 9.78 Å². The molecule has 0 radical (unpaired) electrons. The second kappa shape index (κ2) is 6.24. The number of aromatic nitrogens is 4. The molecule has 0 amide bonds. The van der Waals surface area contributed by atoms with Crippen molar-refractivity contribution in [1.82, 2.24) is 25.3 Å². The lowest BCUT2D eigenvalue weighted by atomic mass is 10.2. The molecule has 0 atom stereocenters. The quantitative estimate of drug-likeness (QED) is 0.736. The minimum Gasteiger partial charge on any atom is -0.307 e. The van der Waals surface area contributed by atoms with E-state index in [1.54, 1.807) is 11.3 Å². The number of nitrogens with zero attached hydrogens (tertiary/aromatic N) is 3. The van der Waals surface area contributed by atoms with E-state index < -0.39 is 0 Å². The molecule has 0 spiro atoms. The predicted molar refractivity (Wildman–Crippen MR) is 85.1 cm³/mol. The maximum atomic E-state index is 4.36. The zero-order valence-corrected chi connectivity index (χ0v) is 13.1. The molecule has 3 heterocycles. The summed E-state index contributed by atoms with van der Waals surface area (Å²) >= 11 is 1.70. The largest absolute Gasteiger partial charge is 0.307 e. The van der Waals surface area contributed by atoms with Gasteiger partial charge in [-0.1, -0.05) is 6.07 Å². The first kappa shape index (κ1) is 14.0. The summed E-state index contributed by atoms with van der Waals surface area (Å²) in [6, 6.07) is 6.22. The van der Waals surface area contributed by atoms with Crippen molar-refractivity contribution >= 4 is 11.3 Å². The lowest BCUT2D eigenvalue weighted by molar-refractivity contribution is 0.632. The van der Waals surface area contributed by atoms with Crippen LogP contribution in [-0.4, -0.2) is 20.0 Å². The minimum absolute atomic E-state index is 0.773. The van der Waals surface area contributed by atoms with Gasteiger partial charge in [-0.25, -0.2) is 0 Å². The number of H-pyrrole nitrogens is 1. The molecule has 5 nitrogen and oxygen atoms in total. The average Bonchev–Trinajstić information content (AvgIpc) is 3.20. The fraction of sp³-hybridized carbons (Fsp3) is 0.333. The standard InChI is InChI=1S/C15H19N5S/c1-3-20-11(2)12(9-17-20)8-16-10-13-7-14(19-18-13)15-5-4-6-21-15/h4-7,9,16H,3,8,10H2,1-2H3,(H,18,19). The number of rotatable bonds is 6. The first-order valence-corrected chi connectivity index (χ1v) is 7.96. The van der Waals surface area contributed by atoms with Crippen molar-refractivity contribution in [1.29, 1.82) is 0 Å². The summed E-state index contributed by atoms with van der Waals surface area (Å²) in [5, 5.41) is 17.3. The molecule has 21 heavy (non-hydrogen) atoms. The molecule has 0 fully saturated rings. The van der Waals surface area contributed by atoms with Crippen LogP contribution in [0.15, 0.2) is 29.8 Å². The van der Waals surface area contributed by atoms with Crippen LogP contribution in [0.3, 0.4) is 0 Å². The molecule has 0 bridgehead atoms.